The van der Waals surface area contributed by atoms with Crippen molar-refractivity contribution in [1.82, 2.24) is 10.3 Å². The third kappa shape index (κ3) is 5.07. The van der Waals surface area contributed by atoms with Crippen LogP contribution >= 0.6 is 58.6 Å². The molecule has 5 aromatic rings. The molecule has 2 N–H and O–H groups in total. The van der Waals surface area contributed by atoms with Crippen LogP contribution in [0.25, 0.3) is 33.9 Å². The van der Waals surface area contributed by atoms with Crippen LogP contribution in [-0.4, -0.2) is 16.0 Å². The maximum absolute atomic E-state index is 12.6. The van der Waals surface area contributed by atoms with E-state index in [0.717, 1.165) is 0 Å². The summed E-state index contributed by atoms with van der Waals surface area (Å²) in [6.07, 6.45) is 0. The molecule has 2 heterocycles. The number of nitrogens with one attached hydrogen (secondary N) is 2. The molecule has 6 nitrogen and oxygen atoms in total. The average molecular weight is 577 g/mol. The lowest BCUT2D eigenvalue weighted by Crippen LogP contribution is -2.33. The van der Waals surface area contributed by atoms with Gasteiger partial charge in [-0.15, -0.1) is 0 Å². The zero-order valence-corrected chi connectivity index (χ0v) is 21.8. The van der Waals surface area contributed by atoms with Gasteiger partial charge in [-0.3, -0.25) is 10.1 Å². The number of thiocarbonyl (C=S) groups is 1. The first-order chi connectivity index (χ1) is 17.3. The van der Waals surface area contributed by atoms with Gasteiger partial charge in [0.05, 0.1) is 20.1 Å². The van der Waals surface area contributed by atoms with E-state index in [1.165, 1.54) is 6.07 Å². The van der Waals surface area contributed by atoms with E-state index >= 15 is 0 Å². The van der Waals surface area contributed by atoms with Gasteiger partial charge in [-0.25, -0.2) is 4.98 Å². The number of anilines is 1. The molecule has 0 fully saturated rings. The van der Waals surface area contributed by atoms with Crippen LogP contribution in [0.4, 0.5) is 5.69 Å². The Labute approximate surface area is 230 Å². The molecule has 0 radical (unpaired) electrons. The predicted molar refractivity (Wildman–Crippen MR) is 147 cm³/mol. The maximum atomic E-state index is 12.6. The predicted octanol–water partition coefficient (Wildman–Crippen LogP) is 8.50. The van der Waals surface area contributed by atoms with Gasteiger partial charge in [0.1, 0.15) is 11.3 Å². The van der Waals surface area contributed by atoms with Crippen molar-refractivity contribution in [3.63, 3.8) is 0 Å². The number of carbonyl (C=O) groups is 1. The van der Waals surface area contributed by atoms with Crippen molar-refractivity contribution < 1.29 is 13.6 Å². The molecular formula is C25H13Cl4N3O3S. The molecule has 1 amide bonds. The van der Waals surface area contributed by atoms with E-state index in [0.29, 0.717) is 59.7 Å². The summed E-state index contributed by atoms with van der Waals surface area (Å²) < 4.78 is 11.5. The molecule has 5 rings (SSSR count). The van der Waals surface area contributed by atoms with Gasteiger partial charge in [0, 0.05) is 16.8 Å². The number of furan rings is 1. The largest absolute Gasteiger partial charge is 0.451 e. The van der Waals surface area contributed by atoms with Crippen molar-refractivity contribution in [1.29, 1.82) is 0 Å². The first-order valence-corrected chi connectivity index (χ1v) is 12.2. The smallest absolute Gasteiger partial charge is 0.293 e. The monoisotopic (exact) mass is 575 g/mol. The topological polar surface area (TPSA) is 80.3 Å². The van der Waals surface area contributed by atoms with E-state index in [4.69, 9.17) is 67.5 Å². The summed E-state index contributed by atoms with van der Waals surface area (Å²) in [7, 11) is 0. The van der Waals surface area contributed by atoms with Crippen LogP contribution in [-0.2, 0) is 0 Å². The van der Waals surface area contributed by atoms with Crippen molar-refractivity contribution >= 4 is 86.4 Å². The number of halogens is 4. The quantitative estimate of drug-likeness (QED) is 0.209. The number of oxazole rings is 1. The number of rotatable bonds is 4. The molecular weight excluding hydrogens is 564 g/mol. The highest BCUT2D eigenvalue weighted by atomic mass is 35.5. The van der Waals surface area contributed by atoms with Gasteiger partial charge in [0.25, 0.3) is 5.91 Å². The number of carbonyl (C=O) groups excluding carboxylic acids is 1. The molecule has 3 aromatic carbocycles. The number of hydrogen-bond donors (Lipinski definition) is 2. The second-order valence-electron chi connectivity index (χ2n) is 7.50. The summed E-state index contributed by atoms with van der Waals surface area (Å²) in [5, 5.41) is 7.18. The fourth-order valence-electron chi connectivity index (χ4n) is 3.38. The van der Waals surface area contributed by atoms with Gasteiger partial charge in [-0.2, -0.15) is 0 Å². The van der Waals surface area contributed by atoms with Crippen LogP contribution in [0.1, 0.15) is 10.6 Å². The van der Waals surface area contributed by atoms with Gasteiger partial charge in [0.15, 0.2) is 16.5 Å². The van der Waals surface area contributed by atoms with Gasteiger partial charge in [-0.1, -0.05) is 52.5 Å². The van der Waals surface area contributed by atoms with Gasteiger partial charge < -0.3 is 14.2 Å². The standard InChI is InChI=1S/C25H13Cl4N3O3S/c26-15-6-4-12(10-17(15)28)24-31-18-11-13(5-7-20(18)35-24)30-25(36)32-23(33)21-9-8-19(34-21)14-2-1-3-16(27)22(14)29/h1-11H,(H2,30,32,33,36). The molecule has 0 atom stereocenters. The van der Waals surface area contributed by atoms with E-state index < -0.39 is 5.91 Å². The summed E-state index contributed by atoms with van der Waals surface area (Å²) in [4.78, 5) is 17.1. The second-order valence-corrected chi connectivity index (χ2v) is 9.51. The number of hydrogen-bond acceptors (Lipinski definition) is 5. The molecule has 11 heteroatoms. The van der Waals surface area contributed by atoms with E-state index in [2.05, 4.69) is 15.6 Å². The van der Waals surface area contributed by atoms with E-state index in [9.17, 15) is 4.79 Å². The summed E-state index contributed by atoms with van der Waals surface area (Å²) in [5.41, 5.74) is 3.02. The lowest BCUT2D eigenvalue weighted by molar-refractivity contribution is 0.0951. The Morgan fingerprint density at radius 2 is 1.69 bits per heavy atom. The molecule has 0 spiro atoms. The minimum Gasteiger partial charge on any atom is -0.451 e. The van der Waals surface area contributed by atoms with Crippen LogP contribution in [0.15, 0.2) is 75.6 Å². The SMILES string of the molecule is O=C(NC(=S)Nc1ccc2oc(-c3ccc(Cl)c(Cl)c3)nc2c1)c1ccc(-c2cccc(Cl)c2Cl)o1. The van der Waals surface area contributed by atoms with Gasteiger partial charge >= 0.3 is 0 Å². The van der Waals surface area contributed by atoms with Crippen LogP contribution in [0, 0.1) is 0 Å². The Morgan fingerprint density at radius 1 is 0.861 bits per heavy atom. The fraction of sp³-hybridized carbons (Fsp3) is 0. The minimum atomic E-state index is -0.527. The zero-order chi connectivity index (χ0) is 25.4. The van der Waals surface area contributed by atoms with Crippen LogP contribution in [0.5, 0.6) is 0 Å². The highest BCUT2D eigenvalue weighted by Gasteiger charge is 2.17. The highest BCUT2D eigenvalue weighted by molar-refractivity contribution is 7.80. The van der Waals surface area contributed by atoms with E-state index in [-0.39, 0.29) is 10.9 Å². The van der Waals surface area contributed by atoms with Gasteiger partial charge in [0.2, 0.25) is 5.89 Å². The number of fused-ring (bicyclic) bond motifs is 1. The zero-order valence-electron chi connectivity index (χ0n) is 17.9. The fourth-order valence-corrected chi connectivity index (χ4v) is 4.29. The van der Waals surface area contributed by atoms with E-state index in [1.807, 2.05) is 0 Å². The van der Waals surface area contributed by atoms with Crippen molar-refractivity contribution in [3.8, 4) is 22.8 Å². The van der Waals surface area contributed by atoms with Crippen molar-refractivity contribution in [2.24, 2.45) is 0 Å². The maximum Gasteiger partial charge on any atom is 0.293 e. The summed E-state index contributed by atoms with van der Waals surface area (Å²) in [6, 6.07) is 18.7. The number of nitrogens with zero attached hydrogens (tertiary/aromatic N) is 1. The van der Waals surface area contributed by atoms with Crippen molar-refractivity contribution in [3.05, 3.63) is 92.6 Å². The first kappa shape index (κ1) is 24.6. The Bertz CT molecular complexity index is 1650. The molecule has 180 valence electrons. The summed E-state index contributed by atoms with van der Waals surface area (Å²) in [5.74, 6) is 0.329. The molecule has 36 heavy (non-hydrogen) atoms. The van der Waals surface area contributed by atoms with Crippen molar-refractivity contribution in [2.75, 3.05) is 5.32 Å². The van der Waals surface area contributed by atoms with Gasteiger partial charge in [-0.05, 0) is 72.9 Å². The number of benzene rings is 3. The summed E-state index contributed by atoms with van der Waals surface area (Å²) in [6.45, 7) is 0. The molecule has 0 aliphatic heterocycles. The lowest BCUT2D eigenvalue weighted by atomic mass is 10.2. The number of aromatic nitrogens is 1. The molecule has 0 unspecified atom stereocenters. The molecule has 2 aromatic heterocycles. The minimum absolute atomic E-state index is 0.0587. The Hall–Kier alpha value is -3.07. The van der Waals surface area contributed by atoms with Crippen LogP contribution in [0.3, 0.4) is 0 Å². The van der Waals surface area contributed by atoms with E-state index in [1.54, 1.807) is 60.7 Å². The van der Waals surface area contributed by atoms with Crippen LogP contribution in [0.2, 0.25) is 20.1 Å². The average Bonchev–Trinajstić information content (AvgIpc) is 3.50. The number of amides is 1. The lowest BCUT2D eigenvalue weighted by Gasteiger charge is -2.08. The molecule has 0 aliphatic rings. The molecule has 0 aliphatic carbocycles. The van der Waals surface area contributed by atoms with Crippen LogP contribution < -0.4 is 10.6 Å². The first-order valence-electron chi connectivity index (χ1n) is 10.3. The third-order valence-corrected chi connectivity index (χ3v) is 6.85. The Morgan fingerprint density at radius 3 is 2.50 bits per heavy atom. The Kier molecular flexibility index (Phi) is 6.92. The molecule has 0 saturated heterocycles. The molecule has 0 bridgehead atoms. The highest BCUT2D eigenvalue weighted by Crippen LogP contribution is 2.34. The Balaban J connectivity index is 1.28. The second kappa shape index (κ2) is 10.1. The third-order valence-electron chi connectivity index (χ3n) is 5.09. The normalized spacial score (nSPS) is 11.0. The molecule has 0 saturated carbocycles. The van der Waals surface area contributed by atoms with Crippen molar-refractivity contribution in [2.45, 2.75) is 0 Å². The summed E-state index contributed by atoms with van der Waals surface area (Å²) >= 11 is 29.7.